The zero-order valence-electron chi connectivity index (χ0n) is 15.2. The molecule has 1 atom stereocenters. The lowest BCUT2D eigenvalue weighted by Crippen LogP contribution is -2.22. The maximum Gasteiger partial charge on any atom is 0.237 e. The molecule has 0 bridgehead atoms. The highest BCUT2D eigenvalue weighted by atomic mass is 32.2. The number of rotatable bonds is 6. The van der Waals surface area contributed by atoms with Crippen molar-refractivity contribution in [2.45, 2.75) is 24.3 Å². The molecule has 1 amide bonds. The van der Waals surface area contributed by atoms with Crippen LogP contribution in [0.15, 0.2) is 53.8 Å². The number of nitrogens with one attached hydrogen (secondary N) is 2. The molecule has 0 saturated heterocycles. The van der Waals surface area contributed by atoms with Crippen LogP contribution in [-0.4, -0.2) is 28.2 Å². The number of aromatic amines is 1. The molecule has 0 aliphatic rings. The third-order valence-electron chi connectivity index (χ3n) is 3.98. The summed E-state index contributed by atoms with van der Waals surface area (Å²) in [4.78, 5) is 20.0. The molecule has 1 aromatic heterocycles. The number of aryl methyl sites for hydroxylation is 1. The number of hydrogen-bond donors (Lipinski definition) is 2. The SMILES string of the molecule is COc1ccc(C)cc1NC(=O)C(C)Sc1ncc(-c2ccc(F)cc2)[nH]1. The van der Waals surface area contributed by atoms with Crippen LogP contribution < -0.4 is 10.1 Å². The van der Waals surface area contributed by atoms with Crippen molar-refractivity contribution in [1.82, 2.24) is 9.97 Å². The van der Waals surface area contributed by atoms with Crippen LogP contribution in [0.25, 0.3) is 11.3 Å². The van der Waals surface area contributed by atoms with Gasteiger partial charge in [0, 0.05) is 0 Å². The first-order chi connectivity index (χ1) is 13.0. The molecule has 3 rings (SSSR count). The molecule has 0 saturated carbocycles. The molecule has 5 nitrogen and oxygen atoms in total. The first kappa shape index (κ1) is 19.0. The lowest BCUT2D eigenvalue weighted by molar-refractivity contribution is -0.115. The highest BCUT2D eigenvalue weighted by Crippen LogP contribution is 2.28. The summed E-state index contributed by atoms with van der Waals surface area (Å²) in [6, 6.07) is 11.8. The van der Waals surface area contributed by atoms with Crippen LogP contribution in [0.3, 0.4) is 0 Å². The number of nitrogens with zero attached hydrogens (tertiary/aromatic N) is 1. The Morgan fingerprint density at radius 3 is 2.70 bits per heavy atom. The quantitative estimate of drug-likeness (QED) is 0.606. The topological polar surface area (TPSA) is 67.0 Å². The molecule has 0 spiro atoms. The molecular formula is C20H20FN3O2S. The fourth-order valence-electron chi connectivity index (χ4n) is 2.51. The summed E-state index contributed by atoms with van der Waals surface area (Å²) in [5, 5.41) is 3.14. The zero-order chi connectivity index (χ0) is 19.4. The Bertz CT molecular complexity index is 941. The number of methoxy groups -OCH3 is 1. The summed E-state index contributed by atoms with van der Waals surface area (Å²) in [6.45, 7) is 3.76. The highest BCUT2D eigenvalue weighted by Gasteiger charge is 2.18. The van der Waals surface area contributed by atoms with E-state index in [4.69, 9.17) is 4.74 Å². The number of benzene rings is 2. The Balaban J connectivity index is 1.67. The van der Waals surface area contributed by atoms with Crippen LogP contribution in [-0.2, 0) is 4.79 Å². The third-order valence-corrected chi connectivity index (χ3v) is 4.98. The largest absolute Gasteiger partial charge is 0.495 e. The van der Waals surface area contributed by atoms with Gasteiger partial charge in [0.05, 0.1) is 29.9 Å². The average Bonchev–Trinajstić information content (AvgIpc) is 3.11. The average molecular weight is 385 g/mol. The number of imidazole rings is 1. The number of ether oxygens (including phenoxy) is 1. The van der Waals surface area contributed by atoms with E-state index in [0.717, 1.165) is 16.8 Å². The summed E-state index contributed by atoms with van der Waals surface area (Å²) in [6.07, 6.45) is 1.67. The van der Waals surface area contributed by atoms with Crippen molar-refractivity contribution in [1.29, 1.82) is 0 Å². The predicted molar refractivity (Wildman–Crippen MR) is 106 cm³/mol. The molecule has 1 unspecified atom stereocenters. The molecule has 140 valence electrons. The second-order valence-corrected chi connectivity index (χ2v) is 7.39. The number of halogens is 1. The molecular weight excluding hydrogens is 365 g/mol. The van der Waals surface area contributed by atoms with Crippen molar-refractivity contribution in [3.8, 4) is 17.0 Å². The smallest absolute Gasteiger partial charge is 0.237 e. The van der Waals surface area contributed by atoms with Gasteiger partial charge >= 0.3 is 0 Å². The first-order valence-electron chi connectivity index (χ1n) is 8.39. The van der Waals surface area contributed by atoms with Gasteiger partial charge in [0.1, 0.15) is 11.6 Å². The number of carbonyl (C=O) groups excluding carboxylic acids is 1. The van der Waals surface area contributed by atoms with E-state index in [1.807, 2.05) is 32.0 Å². The summed E-state index contributed by atoms with van der Waals surface area (Å²) >= 11 is 1.31. The van der Waals surface area contributed by atoms with E-state index in [9.17, 15) is 9.18 Å². The van der Waals surface area contributed by atoms with Crippen LogP contribution in [0, 0.1) is 12.7 Å². The van der Waals surface area contributed by atoms with Crippen molar-refractivity contribution in [2.24, 2.45) is 0 Å². The predicted octanol–water partition coefficient (Wildman–Crippen LogP) is 4.65. The van der Waals surface area contributed by atoms with Crippen LogP contribution in [0.4, 0.5) is 10.1 Å². The number of anilines is 1. The van der Waals surface area contributed by atoms with Crippen molar-refractivity contribution in [3.05, 3.63) is 60.0 Å². The van der Waals surface area contributed by atoms with E-state index in [-0.39, 0.29) is 17.0 Å². The first-order valence-corrected chi connectivity index (χ1v) is 9.27. The van der Waals surface area contributed by atoms with Gasteiger partial charge in [-0.2, -0.15) is 0 Å². The number of thioether (sulfide) groups is 1. The van der Waals surface area contributed by atoms with E-state index in [2.05, 4.69) is 15.3 Å². The van der Waals surface area contributed by atoms with Crippen LogP contribution in [0.2, 0.25) is 0 Å². The standard InChI is InChI=1S/C20H20FN3O2S/c1-12-4-9-18(26-3)16(10-12)23-19(25)13(2)27-20-22-11-17(24-20)14-5-7-15(21)8-6-14/h4-11,13H,1-3H3,(H,22,24)(H,23,25). The van der Waals surface area contributed by atoms with Gasteiger partial charge in [-0.05, 0) is 61.4 Å². The molecule has 3 aromatic rings. The Morgan fingerprint density at radius 2 is 2.00 bits per heavy atom. The normalized spacial score (nSPS) is 11.9. The van der Waals surface area contributed by atoms with Crippen molar-refractivity contribution in [3.63, 3.8) is 0 Å². The maximum atomic E-state index is 13.0. The number of aromatic nitrogens is 2. The minimum absolute atomic E-state index is 0.149. The molecule has 1 heterocycles. The van der Waals surface area contributed by atoms with E-state index in [1.54, 1.807) is 25.4 Å². The maximum absolute atomic E-state index is 13.0. The molecule has 0 aliphatic carbocycles. The van der Waals surface area contributed by atoms with Gasteiger partial charge in [-0.15, -0.1) is 0 Å². The van der Waals surface area contributed by atoms with Crippen LogP contribution in [0.5, 0.6) is 5.75 Å². The molecule has 27 heavy (non-hydrogen) atoms. The summed E-state index contributed by atoms with van der Waals surface area (Å²) < 4.78 is 18.3. The lowest BCUT2D eigenvalue weighted by atomic mass is 10.2. The summed E-state index contributed by atoms with van der Waals surface area (Å²) in [5.41, 5.74) is 3.27. The van der Waals surface area contributed by atoms with Crippen molar-refractivity contribution < 1.29 is 13.9 Å². The number of carbonyl (C=O) groups is 1. The van der Waals surface area contributed by atoms with Gasteiger partial charge in [-0.3, -0.25) is 4.79 Å². The van der Waals surface area contributed by atoms with E-state index in [0.29, 0.717) is 16.6 Å². The minimum atomic E-state index is -0.373. The number of amides is 1. The van der Waals surface area contributed by atoms with Gasteiger partial charge in [-0.1, -0.05) is 17.8 Å². The van der Waals surface area contributed by atoms with Gasteiger partial charge in [0.25, 0.3) is 0 Å². The monoisotopic (exact) mass is 385 g/mol. The second-order valence-electron chi connectivity index (χ2n) is 6.06. The Morgan fingerprint density at radius 1 is 1.26 bits per heavy atom. The van der Waals surface area contributed by atoms with E-state index < -0.39 is 0 Å². The Labute approximate surface area is 161 Å². The Kier molecular flexibility index (Phi) is 5.81. The van der Waals surface area contributed by atoms with Crippen molar-refractivity contribution >= 4 is 23.4 Å². The van der Waals surface area contributed by atoms with Gasteiger partial charge < -0.3 is 15.0 Å². The lowest BCUT2D eigenvalue weighted by Gasteiger charge is -2.14. The molecule has 2 N–H and O–H groups in total. The molecule has 2 aromatic carbocycles. The van der Waals surface area contributed by atoms with Crippen LogP contribution in [0.1, 0.15) is 12.5 Å². The molecule has 0 aliphatic heterocycles. The van der Waals surface area contributed by atoms with Gasteiger partial charge in [0.2, 0.25) is 5.91 Å². The molecule has 0 fully saturated rings. The van der Waals surface area contributed by atoms with E-state index in [1.165, 1.54) is 23.9 Å². The third kappa shape index (κ3) is 4.68. The van der Waals surface area contributed by atoms with Crippen molar-refractivity contribution in [2.75, 3.05) is 12.4 Å². The summed E-state index contributed by atoms with van der Waals surface area (Å²) in [5.74, 6) is 0.177. The highest BCUT2D eigenvalue weighted by molar-refractivity contribution is 8.00. The van der Waals surface area contributed by atoms with Crippen LogP contribution >= 0.6 is 11.8 Å². The minimum Gasteiger partial charge on any atom is -0.495 e. The summed E-state index contributed by atoms with van der Waals surface area (Å²) in [7, 11) is 1.57. The molecule has 0 radical (unpaired) electrons. The number of hydrogen-bond acceptors (Lipinski definition) is 4. The van der Waals surface area contributed by atoms with E-state index >= 15 is 0 Å². The number of H-pyrrole nitrogens is 1. The fraction of sp³-hybridized carbons (Fsp3) is 0.200. The zero-order valence-corrected chi connectivity index (χ0v) is 16.1. The Hall–Kier alpha value is -2.80. The van der Waals surface area contributed by atoms with Gasteiger partial charge in [-0.25, -0.2) is 9.37 Å². The molecule has 7 heteroatoms. The second kappa shape index (κ2) is 8.26. The fourth-order valence-corrected chi connectivity index (χ4v) is 3.30. The van der Waals surface area contributed by atoms with Gasteiger partial charge in [0.15, 0.2) is 5.16 Å².